The van der Waals surface area contributed by atoms with Crippen LogP contribution in [0.1, 0.15) is 21.5 Å². The quantitative estimate of drug-likeness (QED) is 0.383. The summed E-state index contributed by atoms with van der Waals surface area (Å²) < 4.78 is 1.79. The number of benzene rings is 1. The van der Waals surface area contributed by atoms with Crippen LogP contribution in [-0.4, -0.2) is 54.2 Å². The zero-order valence-electron chi connectivity index (χ0n) is 15.7. The standard InChI is InChI=1S/C18H26N6O.HI/c1-19-17(25)16-7-5-6-14(10-16)8-9-21-18(20-2)23(3)12-15-11-22-24(4)13-15;/h5-7,10-11,13H,8-9,12H2,1-4H3,(H,19,25)(H,20,21);1H. The van der Waals surface area contributed by atoms with Crippen LogP contribution in [0.5, 0.6) is 0 Å². The van der Waals surface area contributed by atoms with Gasteiger partial charge in [0.1, 0.15) is 0 Å². The molecule has 0 radical (unpaired) electrons. The highest BCUT2D eigenvalue weighted by Gasteiger charge is 2.08. The van der Waals surface area contributed by atoms with E-state index >= 15 is 0 Å². The summed E-state index contributed by atoms with van der Waals surface area (Å²) in [5.41, 5.74) is 2.92. The van der Waals surface area contributed by atoms with E-state index < -0.39 is 0 Å². The zero-order valence-corrected chi connectivity index (χ0v) is 18.0. The summed E-state index contributed by atoms with van der Waals surface area (Å²) in [5.74, 6) is 0.758. The van der Waals surface area contributed by atoms with E-state index in [4.69, 9.17) is 0 Å². The molecular formula is C18H27IN6O. The van der Waals surface area contributed by atoms with E-state index in [2.05, 4.69) is 25.6 Å². The van der Waals surface area contributed by atoms with Crippen LogP contribution in [0.2, 0.25) is 0 Å². The summed E-state index contributed by atoms with van der Waals surface area (Å²) in [6.07, 6.45) is 4.66. The van der Waals surface area contributed by atoms with Crippen molar-refractivity contribution in [1.29, 1.82) is 0 Å². The Bertz CT molecular complexity index is 743. The van der Waals surface area contributed by atoms with E-state index in [9.17, 15) is 4.79 Å². The maximum absolute atomic E-state index is 11.7. The Kier molecular flexibility index (Phi) is 9.11. The van der Waals surface area contributed by atoms with Gasteiger partial charge >= 0.3 is 0 Å². The summed E-state index contributed by atoms with van der Waals surface area (Å²) in [4.78, 5) is 18.1. The number of rotatable bonds is 6. The lowest BCUT2D eigenvalue weighted by molar-refractivity contribution is 0.0963. The highest BCUT2D eigenvalue weighted by Crippen LogP contribution is 2.06. The van der Waals surface area contributed by atoms with Crippen molar-refractivity contribution >= 4 is 35.8 Å². The number of nitrogens with zero attached hydrogens (tertiary/aromatic N) is 4. The molecule has 1 aromatic carbocycles. The van der Waals surface area contributed by atoms with E-state index in [1.165, 1.54) is 0 Å². The lowest BCUT2D eigenvalue weighted by Gasteiger charge is -2.21. The van der Waals surface area contributed by atoms with E-state index in [0.717, 1.165) is 36.6 Å². The number of nitrogens with one attached hydrogen (secondary N) is 2. The molecule has 1 amide bonds. The third-order valence-electron chi connectivity index (χ3n) is 3.86. The number of carbonyl (C=O) groups is 1. The van der Waals surface area contributed by atoms with Gasteiger partial charge < -0.3 is 15.5 Å². The second-order valence-corrected chi connectivity index (χ2v) is 5.88. The van der Waals surface area contributed by atoms with Gasteiger partial charge in [0.15, 0.2) is 5.96 Å². The summed E-state index contributed by atoms with van der Waals surface area (Å²) in [6.45, 7) is 1.47. The average Bonchev–Trinajstić information content (AvgIpc) is 3.02. The minimum Gasteiger partial charge on any atom is -0.356 e. The molecule has 2 rings (SSSR count). The largest absolute Gasteiger partial charge is 0.356 e. The summed E-state index contributed by atoms with van der Waals surface area (Å²) >= 11 is 0. The molecular weight excluding hydrogens is 443 g/mol. The van der Waals surface area contributed by atoms with Crippen LogP contribution in [0.25, 0.3) is 0 Å². The molecule has 2 aromatic rings. The lowest BCUT2D eigenvalue weighted by Crippen LogP contribution is -2.39. The Hall–Kier alpha value is -2.10. The first-order valence-electron chi connectivity index (χ1n) is 8.23. The van der Waals surface area contributed by atoms with Gasteiger partial charge in [0.05, 0.1) is 6.20 Å². The topological polar surface area (TPSA) is 74.6 Å². The minimum atomic E-state index is -0.0678. The van der Waals surface area contributed by atoms with Gasteiger partial charge in [0, 0.05) is 58.6 Å². The van der Waals surface area contributed by atoms with Crippen molar-refractivity contribution in [1.82, 2.24) is 25.3 Å². The van der Waals surface area contributed by atoms with Gasteiger partial charge in [-0.2, -0.15) is 5.10 Å². The number of hydrogen-bond acceptors (Lipinski definition) is 3. The molecule has 0 aliphatic carbocycles. The highest BCUT2D eigenvalue weighted by atomic mass is 127. The van der Waals surface area contributed by atoms with Gasteiger partial charge in [-0.1, -0.05) is 12.1 Å². The number of aryl methyl sites for hydroxylation is 1. The molecule has 8 heteroatoms. The number of aliphatic imine (C=N–C) groups is 1. The number of amides is 1. The maximum Gasteiger partial charge on any atom is 0.251 e. The Morgan fingerprint density at radius 2 is 2.12 bits per heavy atom. The third-order valence-corrected chi connectivity index (χ3v) is 3.86. The van der Waals surface area contributed by atoms with Crippen LogP contribution >= 0.6 is 24.0 Å². The molecule has 1 aromatic heterocycles. The van der Waals surface area contributed by atoms with Crippen molar-refractivity contribution in [2.24, 2.45) is 12.0 Å². The number of guanidine groups is 1. The van der Waals surface area contributed by atoms with Crippen LogP contribution in [0, 0.1) is 0 Å². The molecule has 0 aliphatic rings. The molecule has 0 saturated carbocycles. The predicted octanol–water partition coefficient (Wildman–Crippen LogP) is 1.65. The minimum absolute atomic E-state index is 0. The molecule has 2 N–H and O–H groups in total. The van der Waals surface area contributed by atoms with Crippen LogP contribution in [-0.2, 0) is 20.0 Å². The van der Waals surface area contributed by atoms with Crippen LogP contribution in [0.4, 0.5) is 0 Å². The molecule has 26 heavy (non-hydrogen) atoms. The zero-order chi connectivity index (χ0) is 18.2. The lowest BCUT2D eigenvalue weighted by atomic mass is 10.1. The smallest absolute Gasteiger partial charge is 0.251 e. The van der Waals surface area contributed by atoms with E-state index in [1.807, 2.05) is 50.8 Å². The monoisotopic (exact) mass is 470 g/mol. The molecule has 0 saturated heterocycles. The van der Waals surface area contributed by atoms with Crippen molar-refractivity contribution in [3.05, 3.63) is 53.3 Å². The average molecular weight is 470 g/mol. The molecule has 0 atom stereocenters. The van der Waals surface area contributed by atoms with Crippen molar-refractivity contribution in [3.63, 3.8) is 0 Å². The van der Waals surface area contributed by atoms with Gasteiger partial charge in [-0.15, -0.1) is 24.0 Å². The van der Waals surface area contributed by atoms with Gasteiger partial charge in [-0.25, -0.2) is 0 Å². The molecule has 0 fully saturated rings. The maximum atomic E-state index is 11.7. The summed E-state index contributed by atoms with van der Waals surface area (Å²) in [7, 11) is 7.31. The summed E-state index contributed by atoms with van der Waals surface area (Å²) in [6, 6.07) is 7.67. The molecule has 0 aliphatic heterocycles. The van der Waals surface area contributed by atoms with E-state index in [-0.39, 0.29) is 29.9 Å². The fourth-order valence-electron chi connectivity index (χ4n) is 2.62. The van der Waals surface area contributed by atoms with Crippen LogP contribution in [0.3, 0.4) is 0 Å². The highest BCUT2D eigenvalue weighted by molar-refractivity contribution is 14.0. The number of halogens is 1. The van der Waals surface area contributed by atoms with Gasteiger partial charge in [-0.3, -0.25) is 14.5 Å². The number of aromatic nitrogens is 2. The SMILES string of the molecule is CN=C(NCCc1cccc(C(=O)NC)c1)N(C)Cc1cnn(C)c1.I. The van der Waals surface area contributed by atoms with Crippen molar-refractivity contribution in [2.45, 2.75) is 13.0 Å². The molecule has 0 bridgehead atoms. The van der Waals surface area contributed by atoms with Crippen LogP contribution < -0.4 is 10.6 Å². The first-order chi connectivity index (χ1) is 12.0. The van der Waals surface area contributed by atoms with Crippen LogP contribution in [0.15, 0.2) is 41.7 Å². The Morgan fingerprint density at radius 3 is 2.73 bits per heavy atom. The number of carbonyl (C=O) groups excluding carboxylic acids is 1. The molecule has 0 unspecified atom stereocenters. The van der Waals surface area contributed by atoms with Crippen molar-refractivity contribution < 1.29 is 4.79 Å². The third kappa shape index (κ3) is 6.32. The molecule has 7 nitrogen and oxygen atoms in total. The van der Waals surface area contributed by atoms with Gasteiger partial charge in [0.25, 0.3) is 5.91 Å². The second-order valence-electron chi connectivity index (χ2n) is 5.88. The fourth-order valence-corrected chi connectivity index (χ4v) is 2.62. The second kappa shape index (κ2) is 10.8. The first kappa shape index (κ1) is 21.9. The predicted molar refractivity (Wildman–Crippen MR) is 115 cm³/mol. The Morgan fingerprint density at radius 1 is 1.35 bits per heavy atom. The van der Waals surface area contributed by atoms with E-state index in [1.54, 1.807) is 18.8 Å². The van der Waals surface area contributed by atoms with Gasteiger partial charge in [-0.05, 0) is 24.1 Å². The molecule has 142 valence electrons. The van der Waals surface area contributed by atoms with Crippen molar-refractivity contribution in [3.8, 4) is 0 Å². The first-order valence-corrected chi connectivity index (χ1v) is 8.23. The molecule has 1 heterocycles. The van der Waals surface area contributed by atoms with Crippen molar-refractivity contribution in [2.75, 3.05) is 27.7 Å². The Labute approximate surface area is 171 Å². The Balaban J connectivity index is 0.00000338. The van der Waals surface area contributed by atoms with E-state index in [0.29, 0.717) is 5.56 Å². The summed E-state index contributed by atoms with van der Waals surface area (Å²) in [5, 5.41) is 10.2. The number of hydrogen-bond donors (Lipinski definition) is 2. The fraction of sp³-hybridized carbons (Fsp3) is 0.389. The normalized spacial score (nSPS) is 10.8. The van der Waals surface area contributed by atoms with Gasteiger partial charge in [0.2, 0.25) is 0 Å². The molecule has 0 spiro atoms.